The standard InChI is InChI=1S/C20H23FO6/c1-6-25-17(23)20(18(24)26-7-2)11-16(19(4,5)27-12(3)22)14-10-13(21)8-9-15(14)20/h8-11H,6-7H2,1-5H3. The van der Waals surface area contributed by atoms with E-state index in [1.165, 1.54) is 25.1 Å². The molecular weight excluding hydrogens is 355 g/mol. The van der Waals surface area contributed by atoms with E-state index >= 15 is 0 Å². The maximum Gasteiger partial charge on any atom is 0.332 e. The molecule has 0 unspecified atom stereocenters. The Bertz CT molecular complexity index is 791. The molecule has 2 rings (SSSR count). The lowest BCUT2D eigenvalue weighted by atomic mass is 9.82. The highest BCUT2D eigenvalue weighted by Crippen LogP contribution is 2.47. The van der Waals surface area contributed by atoms with Gasteiger partial charge in [-0.25, -0.2) is 4.39 Å². The molecule has 0 fully saturated rings. The summed E-state index contributed by atoms with van der Waals surface area (Å²) in [7, 11) is 0. The number of fused-ring (bicyclic) bond motifs is 1. The van der Waals surface area contributed by atoms with E-state index in [0.29, 0.717) is 11.1 Å². The second-order valence-electron chi connectivity index (χ2n) is 6.60. The average molecular weight is 378 g/mol. The van der Waals surface area contributed by atoms with E-state index in [0.717, 1.165) is 6.07 Å². The normalized spacial score (nSPS) is 14.8. The first kappa shape index (κ1) is 20.6. The third-order valence-electron chi connectivity index (χ3n) is 4.30. The zero-order valence-electron chi connectivity index (χ0n) is 16.1. The predicted octanol–water partition coefficient (Wildman–Crippen LogP) is 2.93. The van der Waals surface area contributed by atoms with Gasteiger partial charge in [0.1, 0.15) is 11.4 Å². The number of hydrogen-bond acceptors (Lipinski definition) is 6. The molecule has 6 nitrogen and oxygen atoms in total. The molecule has 1 aliphatic carbocycles. The Hall–Kier alpha value is -2.70. The summed E-state index contributed by atoms with van der Waals surface area (Å²) < 4.78 is 29.6. The van der Waals surface area contributed by atoms with Crippen LogP contribution in [-0.4, -0.2) is 36.7 Å². The van der Waals surface area contributed by atoms with E-state index < -0.39 is 34.7 Å². The maximum atomic E-state index is 14.0. The Balaban J connectivity index is 2.78. The Kier molecular flexibility index (Phi) is 5.73. The van der Waals surface area contributed by atoms with Gasteiger partial charge < -0.3 is 14.2 Å². The molecule has 146 valence electrons. The van der Waals surface area contributed by atoms with Gasteiger partial charge in [0.25, 0.3) is 0 Å². The summed E-state index contributed by atoms with van der Waals surface area (Å²) in [6.45, 7) is 7.77. The summed E-state index contributed by atoms with van der Waals surface area (Å²) in [5.41, 5.74) is -2.25. The molecule has 0 amide bonds. The van der Waals surface area contributed by atoms with Gasteiger partial charge >= 0.3 is 17.9 Å². The molecule has 0 heterocycles. The molecule has 0 bridgehead atoms. The van der Waals surface area contributed by atoms with E-state index in [9.17, 15) is 18.8 Å². The van der Waals surface area contributed by atoms with Crippen molar-refractivity contribution >= 4 is 23.5 Å². The van der Waals surface area contributed by atoms with Crippen molar-refractivity contribution in [2.24, 2.45) is 0 Å². The highest BCUT2D eigenvalue weighted by Gasteiger charge is 2.55. The molecule has 1 aromatic rings. The molecule has 0 aromatic heterocycles. The van der Waals surface area contributed by atoms with Gasteiger partial charge in [-0.15, -0.1) is 0 Å². The third-order valence-corrected chi connectivity index (χ3v) is 4.30. The van der Waals surface area contributed by atoms with E-state index in [-0.39, 0.29) is 18.8 Å². The topological polar surface area (TPSA) is 78.9 Å². The predicted molar refractivity (Wildman–Crippen MR) is 95.2 cm³/mol. The summed E-state index contributed by atoms with van der Waals surface area (Å²) >= 11 is 0. The van der Waals surface area contributed by atoms with Gasteiger partial charge in [-0.2, -0.15) is 0 Å². The van der Waals surface area contributed by atoms with Crippen molar-refractivity contribution in [3.05, 3.63) is 41.2 Å². The van der Waals surface area contributed by atoms with Gasteiger partial charge in [-0.05, 0) is 57.0 Å². The van der Waals surface area contributed by atoms with Gasteiger partial charge in [0.2, 0.25) is 5.41 Å². The lowest BCUT2D eigenvalue weighted by Gasteiger charge is -2.26. The Morgan fingerprint density at radius 2 is 1.63 bits per heavy atom. The highest BCUT2D eigenvalue weighted by atomic mass is 19.1. The molecule has 0 spiro atoms. The van der Waals surface area contributed by atoms with Gasteiger partial charge in [0.15, 0.2) is 0 Å². The van der Waals surface area contributed by atoms with Crippen LogP contribution >= 0.6 is 0 Å². The molecule has 0 radical (unpaired) electrons. The van der Waals surface area contributed by atoms with E-state index in [2.05, 4.69) is 0 Å². The fourth-order valence-corrected chi connectivity index (χ4v) is 3.28. The number of rotatable bonds is 6. The zero-order chi connectivity index (χ0) is 20.4. The molecular formula is C20H23FO6. The summed E-state index contributed by atoms with van der Waals surface area (Å²) in [6.07, 6.45) is 1.36. The Labute approximate surface area is 157 Å². The van der Waals surface area contributed by atoms with E-state index in [1.807, 2.05) is 0 Å². The SMILES string of the molecule is CCOC(=O)C1(C(=O)OCC)C=C(C(C)(C)OC(C)=O)c2cc(F)ccc21. The fraction of sp³-hybridized carbons (Fsp3) is 0.450. The molecule has 0 atom stereocenters. The first-order chi connectivity index (χ1) is 12.6. The van der Waals surface area contributed by atoms with Crippen molar-refractivity contribution in [2.75, 3.05) is 13.2 Å². The minimum Gasteiger partial charge on any atom is -0.465 e. The van der Waals surface area contributed by atoms with Crippen molar-refractivity contribution in [1.82, 2.24) is 0 Å². The number of carbonyl (C=O) groups is 3. The Morgan fingerprint density at radius 1 is 1.07 bits per heavy atom. The van der Waals surface area contributed by atoms with Gasteiger partial charge in [-0.3, -0.25) is 14.4 Å². The van der Waals surface area contributed by atoms with Crippen LogP contribution in [0.3, 0.4) is 0 Å². The number of ether oxygens (including phenoxy) is 3. The number of halogens is 1. The van der Waals surface area contributed by atoms with Crippen LogP contribution in [-0.2, 0) is 34.0 Å². The van der Waals surface area contributed by atoms with Crippen LogP contribution < -0.4 is 0 Å². The number of benzene rings is 1. The second-order valence-corrected chi connectivity index (χ2v) is 6.60. The van der Waals surface area contributed by atoms with Crippen molar-refractivity contribution in [2.45, 2.75) is 45.6 Å². The highest BCUT2D eigenvalue weighted by molar-refractivity contribution is 6.13. The summed E-state index contributed by atoms with van der Waals surface area (Å²) in [5.74, 6) is -2.76. The molecule has 0 saturated carbocycles. The maximum absolute atomic E-state index is 14.0. The first-order valence-electron chi connectivity index (χ1n) is 8.67. The largest absolute Gasteiger partial charge is 0.465 e. The number of hydrogen-bond donors (Lipinski definition) is 0. The smallest absolute Gasteiger partial charge is 0.332 e. The first-order valence-corrected chi connectivity index (χ1v) is 8.67. The van der Waals surface area contributed by atoms with Gasteiger partial charge in [-0.1, -0.05) is 6.07 Å². The average Bonchev–Trinajstić information content (AvgIpc) is 2.90. The summed E-state index contributed by atoms with van der Waals surface area (Å²) in [4.78, 5) is 37.2. The van der Waals surface area contributed by atoms with Crippen LogP contribution in [0.4, 0.5) is 4.39 Å². The lowest BCUT2D eigenvalue weighted by molar-refractivity contribution is -0.161. The van der Waals surface area contributed by atoms with E-state index in [4.69, 9.17) is 14.2 Å². The van der Waals surface area contributed by atoms with Crippen LogP contribution in [0.15, 0.2) is 24.3 Å². The molecule has 7 heteroatoms. The number of esters is 3. The van der Waals surface area contributed by atoms with Crippen LogP contribution in [0.2, 0.25) is 0 Å². The van der Waals surface area contributed by atoms with Gasteiger partial charge in [0, 0.05) is 12.5 Å². The van der Waals surface area contributed by atoms with Crippen LogP contribution in [0.5, 0.6) is 0 Å². The van der Waals surface area contributed by atoms with Crippen molar-refractivity contribution in [3.8, 4) is 0 Å². The Morgan fingerprint density at radius 3 is 2.11 bits per heavy atom. The summed E-state index contributed by atoms with van der Waals surface area (Å²) in [5, 5.41) is 0. The van der Waals surface area contributed by atoms with Crippen LogP contribution in [0.1, 0.15) is 45.7 Å². The van der Waals surface area contributed by atoms with Crippen LogP contribution in [0.25, 0.3) is 5.57 Å². The van der Waals surface area contributed by atoms with Gasteiger partial charge in [0.05, 0.1) is 13.2 Å². The quantitative estimate of drug-likeness (QED) is 0.430. The molecule has 1 aromatic carbocycles. The fourth-order valence-electron chi connectivity index (χ4n) is 3.28. The minimum atomic E-state index is -1.89. The lowest BCUT2D eigenvalue weighted by Crippen LogP contribution is -2.43. The zero-order valence-corrected chi connectivity index (χ0v) is 16.1. The minimum absolute atomic E-state index is 0.0486. The second kappa shape index (κ2) is 7.50. The summed E-state index contributed by atoms with van der Waals surface area (Å²) in [6, 6.07) is 3.71. The monoisotopic (exact) mass is 378 g/mol. The van der Waals surface area contributed by atoms with E-state index in [1.54, 1.807) is 27.7 Å². The molecule has 0 aliphatic heterocycles. The number of carbonyl (C=O) groups excluding carboxylic acids is 3. The van der Waals surface area contributed by atoms with Crippen molar-refractivity contribution in [1.29, 1.82) is 0 Å². The molecule has 27 heavy (non-hydrogen) atoms. The van der Waals surface area contributed by atoms with Crippen molar-refractivity contribution < 1.29 is 33.0 Å². The van der Waals surface area contributed by atoms with Crippen LogP contribution in [0, 0.1) is 5.82 Å². The third kappa shape index (κ3) is 3.59. The van der Waals surface area contributed by atoms with Crippen molar-refractivity contribution in [3.63, 3.8) is 0 Å². The molecule has 0 N–H and O–H groups in total. The molecule has 0 saturated heterocycles. The molecule has 1 aliphatic rings.